The Morgan fingerprint density at radius 2 is 1.84 bits per heavy atom. The van der Waals surface area contributed by atoms with Gasteiger partial charge in [-0.3, -0.25) is 9.59 Å². The molecule has 0 radical (unpaired) electrons. The SMILES string of the molecule is Cc1cc2cc(CCC(=O)Nc3ccccc3F)c(=O)[nH]c2cc1C. The molecule has 0 aliphatic rings. The van der Waals surface area contributed by atoms with Gasteiger partial charge >= 0.3 is 0 Å². The van der Waals surface area contributed by atoms with Crippen molar-refractivity contribution in [2.24, 2.45) is 0 Å². The number of para-hydroxylation sites is 1. The van der Waals surface area contributed by atoms with Crippen LogP contribution in [-0.4, -0.2) is 10.9 Å². The lowest BCUT2D eigenvalue weighted by molar-refractivity contribution is -0.116. The van der Waals surface area contributed by atoms with Crippen LogP contribution in [0.25, 0.3) is 10.9 Å². The molecule has 3 aromatic rings. The van der Waals surface area contributed by atoms with Crippen molar-refractivity contribution < 1.29 is 9.18 Å². The Kier molecular flexibility index (Phi) is 4.65. The third-order valence-corrected chi connectivity index (χ3v) is 4.30. The van der Waals surface area contributed by atoms with Gasteiger partial charge in [-0.05, 0) is 67.1 Å². The Labute approximate surface area is 144 Å². The van der Waals surface area contributed by atoms with E-state index in [4.69, 9.17) is 0 Å². The van der Waals surface area contributed by atoms with Gasteiger partial charge in [-0.15, -0.1) is 0 Å². The minimum Gasteiger partial charge on any atom is -0.324 e. The molecule has 0 unspecified atom stereocenters. The molecule has 0 saturated heterocycles. The molecule has 25 heavy (non-hydrogen) atoms. The molecule has 0 spiro atoms. The van der Waals surface area contributed by atoms with E-state index in [0.717, 1.165) is 22.0 Å². The second-order valence-corrected chi connectivity index (χ2v) is 6.18. The molecule has 0 bridgehead atoms. The van der Waals surface area contributed by atoms with Crippen LogP contribution in [0.15, 0.2) is 47.3 Å². The fraction of sp³-hybridized carbons (Fsp3) is 0.200. The van der Waals surface area contributed by atoms with Gasteiger partial charge in [0.1, 0.15) is 5.82 Å². The van der Waals surface area contributed by atoms with E-state index in [1.165, 1.54) is 12.1 Å². The molecule has 0 fully saturated rings. The molecule has 128 valence electrons. The molecular weight excluding hydrogens is 319 g/mol. The Balaban J connectivity index is 1.75. The lowest BCUT2D eigenvalue weighted by Crippen LogP contribution is -2.17. The molecule has 2 aromatic carbocycles. The van der Waals surface area contributed by atoms with E-state index < -0.39 is 5.82 Å². The van der Waals surface area contributed by atoms with Gasteiger partial charge in [-0.2, -0.15) is 0 Å². The predicted octanol–water partition coefficient (Wildman–Crippen LogP) is 3.86. The standard InChI is InChI=1S/C20H19FN2O2/c1-12-9-15-11-14(20(25)23-18(15)10-13(12)2)7-8-19(24)22-17-6-4-3-5-16(17)21/h3-6,9-11H,7-8H2,1-2H3,(H,22,24)(H,23,25). The smallest absolute Gasteiger partial charge is 0.251 e. The summed E-state index contributed by atoms with van der Waals surface area (Å²) in [6.45, 7) is 4.01. The van der Waals surface area contributed by atoms with Gasteiger partial charge in [0.15, 0.2) is 0 Å². The molecule has 2 N–H and O–H groups in total. The van der Waals surface area contributed by atoms with Crippen molar-refractivity contribution in [3.8, 4) is 0 Å². The van der Waals surface area contributed by atoms with Crippen LogP contribution in [0.4, 0.5) is 10.1 Å². The van der Waals surface area contributed by atoms with E-state index in [0.29, 0.717) is 12.0 Å². The van der Waals surface area contributed by atoms with Crippen LogP contribution in [0.1, 0.15) is 23.1 Å². The first-order valence-corrected chi connectivity index (χ1v) is 8.11. The fourth-order valence-corrected chi connectivity index (χ4v) is 2.73. The summed E-state index contributed by atoms with van der Waals surface area (Å²) in [5.41, 5.74) is 3.52. The van der Waals surface area contributed by atoms with E-state index in [-0.39, 0.29) is 23.6 Å². The largest absolute Gasteiger partial charge is 0.324 e. The van der Waals surface area contributed by atoms with Crippen molar-refractivity contribution >= 4 is 22.5 Å². The number of pyridine rings is 1. The number of hydrogen-bond acceptors (Lipinski definition) is 2. The van der Waals surface area contributed by atoms with Crippen LogP contribution in [0.5, 0.6) is 0 Å². The second kappa shape index (κ2) is 6.89. The summed E-state index contributed by atoms with van der Waals surface area (Å²) >= 11 is 0. The number of H-pyrrole nitrogens is 1. The van der Waals surface area contributed by atoms with Crippen LogP contribution >= 0.6 is 0 Å². The third kappa shape index (κ3) is 3.76. The number of amides is 1. The minimum atomic E-state index is -0.481. The highest BCUT2D eigenvalue weighted by molar-refractivity contribution is 5.91. The van der Waals surface area contributed by atoms with E-state index in [1.54, 1.807) is 12.1 Å². The van der Waals surface area contributed by atoms with Crippen molar-refractivity contribution in [1.29, 1.82) is 0 Å². The van der Waals surface area contributed by atoms with Gasteiger partial charge in [-0.25, -0.2) is 4.39 Å². The first-order chi connectivity index (χ1) is 11.9. The Bertz CT molecular complexity index is 1010. The van der Waals surface area contributed by atoms with Gasteiger partial charge in [0.2, 0.25) is 5.91 Å². The molecule has 0 aliphatic heterocycles. The maximum atomic E-state index is 13.6. The topological polar surface area (TPSA) is 62.0 Å². The van der Waals surface area contributed by atoms with Crippen molar-refractivity contribution in [2.45, 2.75) is 26.7 Å². The number of carbonyl (C=O) groups excluding carboxylic acids is 1. The maximum Gasteiger partial charge on any atom is 0.251 e. The van der Waals surface area contributed by atoms with E-state index in [2.05, 4.69) is 10.3 Å². The zero-order valence-electron chi connectivity index (χ0n) is 14.2. The number of aromatic amines is 1. The fourth-order valence-electron chi connectivity index (χ4n) is 2.73. The van der Waals surface area contributed by atoms with Crippen molar-refractivity contribution in [2.75, 3.05) is 5.32 Å². The summed E-state index contributed by atoms with van der Waals surface area (Å²) in [6.07, 6.45) is 0.395. The predicted molar refractivity (Wildman–Crippen MR) is 97.4 cm³/mol. The molecule has 0 aliphatic carbocycles. The number of fused-ring (bicyclic) bond motifs is 1. The maximum absolute atomic E-state index is 13.6. The summed E-state index contributed by atoms with van der Waals surface area (Å²) in [7, 11) is 0. The van der Waals surface area contributed by atoms with Crippen LogP contribution in [0.2, 0.25) is 0 Å². The molecular formula is C20H19FN2O2. The van der Waals surface area contributed by atoms with Crippen LogP contribution < -0.4 is 10.9 Å². The Morgan fingerprint density at radius 1 is 1.12 bits per heavy atom. The lowest BCUT2D eigenvalue weighted by atomic mass is 10.0. The highest BCUT2D eigenvalue weighted by atomic mass is 19.1. The average molecular weight is 338 g/mol. The number of hydrogen-bond donors (Lipinski definition) is 2. The van der Waals surface area contributed by atoms with E-state index in [9.17, 15) is 14.0 Å². The molecule has 0 saturated carbocycles. The summed E-state index contributed by atoms with van der Waals surface area (Å²) in [5, 5.41) is 3.46. The minimum absolute atomic E-state index is 0.105. The normalized spacial score (nSPS) is 10.8. The van der Waals surface area contributed by atoms with Gasteiger partial charge in [-0.1, -0.05) is 12.1 Å². The lowest BCUT2D eigenvalue weighted by Gasteiger charge is -2.08. The number of rotatable bonds is 4. The molecule has 4 nitrogen and oxygen atoms in total. The summed E-state index contributed by atoms with van der Waals surface area (Å²) < 4.78 is 13.6. The van der Waals surface area contributed by atoms with E-state index >= 15 is 0 Å². The number of anilines is 1. The number of nitrogens with one attached hydrogen (secondary N) is 2. The average Bonchev–Trinajstić information content (AvgIpc) is 2.57. The van der Waals surface area contributed by atoms with Crippen LogP contribution in [0, 0.1) is 19.7 Å². The first-order valence-electron chi connectivity index (χ1n) is 8.11. The van der Waals surface area contributed by atoms with Gasteiger partial charge < -0.3 is 10.3 Å². The summed E-state index contributed by atoms with van der Waals surface area (Å²) in [4.78, 5) is 27.1. The van der Waals surface area contributed by atoms with E-state index in [1.807, 2.05) is 32.0 Å². The van der Waals surface area contributed by atoms with Crippen molar-refractivity contribution in [1.82, 2.24) is 4.98 Å². The molecule has 3 rings (SSSR count). The second-order valence-electron chi connectivity index (χ2n) is 6.18. The number of halogens is 1. The van der Waals surface area contributed by atoms with Crippen LogP contribution in [0.3, 0.4) is 0 Å². The number of benzene rings is 2. The number of aromatic nitrogens is 1. The quantitative estimate of drug-likeness (QED) is 0.759. The molecule has 0 atom stereocenters. The molecule has 1 heterocycles. The molecule has 1 amide bonds. The first kappa shape index (κ1) is 16.9. The third-order valence-electron chi connectivity index (χ3n) is 4.30. The van der Waals surface area contributed by atoms with Gasteiger partial charge in [0, 0.05) is 17.5 Å². The van der Waals surface area contributed by atoms with Gasteiger partial charge in [0.05, 0.1) is 5.69 Å². The van der Waals surface area contributed by atoms with Crippen LogP contribution in [-0.2, 0) is 11.2 Å². The Morgan fingerprint density at radius 3 is 2.60 bits per heavy atom. The number of carbonyl (C=O) groups is 1. The highest BCUT2D eigenvalue weighted by Gasteiger charge is 2.09. The Hall–Kier alpha value is -2.95. The monoisotopic (exact) mass is 338 g/mol. The van der Waals surface area contributed by atoms with Gasteiger partial charge in [0.25, 0.3) is 5.56 Å². The highest BCUT2D eigenvalue weighted by Crippen LogP contribution is 2.18. The molecule has 5 heteroatoms. The molecule has 1 aromatic heterocycles. The van der Waals surface area contributed by atoms with Crippen molar-refractivity contribution in [3.63, 3.8) is 0 Å². The zero-order chi connectivity index (χ0) is 18.0. The summed E-state index contributed by atoms with van der Waals surface area (Å²) in [5.74, 6) is -0.810. The summed E-state index contributed by atoms with van der Waals surface area (Å²) in [6, 6.07) is 11.8. The number of aryl methyl sites for hydroxylation is 3. The zero-order valence-corrected chi connectivity index (χ0v) is 14.2. The van der Waals surface area contributed by atoms with Crippen molar-refractivity contribution in [3.05, 3.63) is 75.3 Å².